The molecule has 0 aliphatic carbocycles. The number of rotatable bonds is 6. The molecule has 27 heavy (non-hydrogen) atoms. The Morgan fingerprint density at radius 3 is 2.59 bits per heavy atom. The van der Waals surface area contributed by atoms with Crippen molar-refractivity contribution in [2.24, 2.45) is 0 Å². The normalized spacial score (nSPS) is 12.1. The van der Waals surface area contributed by atoms with E-state index in [1.54, 1.807) is 18.1 Å². The number of thioether (sulfide) groups is 1. The molecule has 8 nitrogen and oxygen atoms in total. The van der Waals surface area contributed by atoms with Gasteiger partial charge in [-0.3, -0.25) is 4.57 Å². The molecule has 136 valence electrons. The summed E-state index contributed by atoms with van der Waals surface area (Å²) < 4.78 is 9.09. The lowest BCUT2D eigenvalue weighted by molar-refractivity contribution is 0.412. The molecule has 0 saturated heterocycles. The van der Waals surface area contributed by atoms with Crippen molar-refractivity contribution in [3.05, 3.63) is 66.7 Å². The average Bonchev–Trinajstić information content (AvgIpc) is 3.38. The van der Waals surface area contributed by atoms with E-state index in [0.29, 0.717) is 0 Å². The maximum Gasteiger partial charge on any atom is 0.196 e. The SMILES string of the molecule is COc1ccccc1-n1cnnc1S[C@@H](C)c1nnnn1-c1ccccc1. The fourth-order valence-electron chi connectivity index (χ4n) is 2.71. The Kier molecular flexibility index (Phi) is 4.84. The lowest BCUT2D eigenvalue weighted by Crippen LogP contribution is -2.06. The molecule has 2 aromatic heterocycles. The van der Waals surface area contributed by atoms with Gasteiger partial charge in [0.15, 0.2) is 11.0 Å². The van der Waals surface area contributed by atoms with Crippen LogP contribution in [0.3, 0.4) is 0 Å². The summed E-state index contributed by atoms with van der Waals surface area (Å²) in [5.41, 5.74) is 1.79. The van der Waals surface area contributed by atoms with Crippen molar-refractivity contribution >= 4 is 11.8 Å². The Labute approximate surface area is 160 Å². The van der Waals surface area contributed by atoms with E-state index in [1.807, 2.05) is 66.1 Å². The van der Waals surface area contributed by atoms with E-state index in [9.17, 15) is 0 Å². The molecule has 2 heterocycles. The maximum atomic E-state index is 5.46. The molecule has 0 fully saturated rings. The zero-order valence-corrected chi connectivity index (χ0v) is 15.6. The molecule has 0 bridgehead atoms. The molecule has 0 spiro atoms. The topological polar surface area (TPSA) is 83.5 Å². The first-order chi connectivity index (χ1) is 13.3. The van der Waals surface area contributed by atoms with Crippen LogP contribution in [0.1, 0.15) is 18.0 Å². The Hall–Kier alpha value is -3.20. The summed E-state index contributed by atoms with van der Waals surface area (Å²) in [4.78, 5) is 0. The molecule has 9 heteroatoms. The minimum Gasteiger partial charge on any atom is -0.495 e. The zero-order chi connectivity index (χ0) is 18.6. The van der Waals surface area contributed by atoms with Crippen LogP contribution in [0.15, 0.2) is 66.1 Å². The second-order valence-electron chi connectivity index (χ2n) is 5.70. The Bertz CT molecular complexity index is 1030. The van der Waals surface area contributed by atoms with Gasteiger partial charge in [0.1, 0.15) is 12.1 Å². The van der Waals surface area contributed by atoms with E-state index in [4.69, 9.17) is 4.74 Å². The van der Waals surface area contributed by atoms with Gasteiger partial charge < -0.3 is 4.74 Å². The van der Waals surface area contributed by atoms with E-state index in [2.05, 4.69) is 25.7 Å². The van der Waals surface area contributed by atoms with Gasteiger partial charge in [-0.1, -0.05) is 42.1 Å². The third kappa shape index (κ3) is 3.41. The molecule has 2 aromatic carbocycles. The summed E-state index contributed by atoms with van der Waals surface area (Å²) in [6.45, 7) is 2.04. The van der Waals surface area contributed by atoms with Crippen molar-refractivity contribution < 1.29 is 4.74 Å². The Morgan fingerprint density at radius 2 is 1.78 bits per heavy atom. The average molecular weight is 379 g/mol. The minimum atomic E-state index is -0.0436. The number of methoxy groups -OCH3 is 1. The standard InChI is InChI=1S/C18H17N7OS/c1-13(17-20-22-23-25(17)14-8-4-3-5-9-14)27-18-21-19-12-24(18)15-10-6-7-11-16(15)26-2/h3-13H,1-2H3/t13-/m0/s1. The Morgan fingerprint density at radius 1 is 1.00 bits per heavy atom. The van der Waals surface area contributed by atoms with Crippen LogP contribution in [0.5, 0.6) is 5.75 Å². The molecular weight excluding hydrogens is 362 g/mol. The highest BCUT2D eigenvalue weighted by Crippen LogP contribution is 2.35. The summed E-state index contributed by atoms with van der Waals surface area (Å²) in [5.74, 6) is 1.49. The van der Waals surface area contributed by atoms with Crippen LogP contribution in [0.2, 0.25) is 0 Å². The number of aromatic nitrogens is 7. The van der Waals surface area contributed by atoms with Gasteiger partial charge in [0.05, 0.1) is 23.7 Å². The van der Waals surface area contributed by atoms with Crippen molar-refractivity contribution in [3.8, 4) is 17.1 Å². The second kappa shape index (κ2) is 7.58. The van der Waals surface area contributed by atoms with Gasteiger partial charge in [-0.25, -0.2) is 0 Å². The molecule has 0 aliphatic rings. The van der Waals surface area contributed by atoms with Crippen molar-refractivity contribution in [1.29, 1.82) is 0 Å². The van der Waals surface area contributed by atoms with Crippen LogP contribution in [0.25, 0.3) is 11.4 Å². The van der Waals surface area contributed by atoms with E-state index >= 15 is 0 Å². The number of tetrazole rings is 1. The van der Waals surface area contributed by atoms with Crippen LogP contribution in [0, 0.1) is 0 Å². The van der Waals surface area contributed by atoms with Gasteiger partial charge >= 0.3 is 0 Å². The molecule has 0 saturated carbocycles. The first kappa shape index (κ1) is 17.2. The van der Waals surface area contributed by atoms with Crippen LogP contribution >= 0.6 is 11.8 Å². The summed E-state index contributed by atoms with van der Waals surface area (Å²) in [6, 6.07) is 17.5. The molecule has 0 radical (unpaired) electrons. The van der Waals surface area contributed by atoms with Crippen LogP contribution in [-0.2, 0) is 0 Å². The van der Waals surface area contributed by atoms with E-state index in [0.717, 1.165) is 28.1 Å². The van der Waals surface area contributed by atoms with Gasteiger partial charge in [-0.05, 0) is 41.6 Å². The monoisotopic (exact) mass is 379 g/mol. The van der Waals surface area contributed by atoms with Crippen molar-refractivity contribution in [1.82, 2.24) is 35.0 Å². The summed E-state index contributed by atoms with van der Waals surface area (Å²) in [7, 11) is 1.65. The van der Waals surface area contributed by atoms with Gasteiger partial charge in [0, 0.05) is 0 Å². The number of benzene rings is 2. The molecular formula is C18H17N7OS. The van der Waals surface area contributed by atoms with Gasteiger partial charge in [-0.2, -0.15) is 4.68 Å². The first-order valence-corrected chi connectivity index (χ1v) is 9.19. The second-order valence-corrected chi connectivity index (χ2v) is 7.01. The highest BCUT2D eigenvalue weighted by Gasteiger charge is 2.21. The maximum absolute atomic E-state index is 5.46. The van der Waals surface area contributed by atoms with Crippen molar-refractivity contribution in [2.75, 3.05) is 7.11 Å². The summed E-state index contributed by atoms with van der Waals surface area (Å²) in [6.07, 6.45) is 1.67. The number of para-hydroxylation sites is 3. The lowest BCUT2D eigenvalue weighted by atomic mass is 10.3. The zero-order valence-electron chi connectivity index (χ0n) is 14.8. The Balaban J connectivity index is 1.64. The predicted molar refractivity (Wildman–Crippen MR) is 101 cm³/mol. The first-order valence-electron chi connectivity index (χ1n) is 8.31. The molecule has 0 amide bonds. The molecule has 0 aliphatic heterocycles. The largest absolute Gasteiger partial charge is 0.495 e. The predicted octanol–water partition coefficient (Wildman–Crippen LogP) is 3.10. The fourth-order valence-corrected chi connectivity index (χ4v) is 3.63. The highest BCUT2D eigenvalue weighted by molar-refractivity contribution is 7.99. The minimum absolute atomic E-state index is 0.0436. The van der Waals surface area contributed by atoms with Gasteiger partial charge in [-0.15, -0.1) is 15.3 Å². The van der Waals surface area contributed by atoms with Crippen molar-refractivity contribution in [2.45, 2.75) is 17.3 Å². The van der Waals surface area contributed by atoms with E-state index in [-0.39, 0.29) is 5.25 Å². The van der Waals surface area contributed by atoms with E-state index < -0.39 is 0 Å². The number of hydrogen-bond donors (Lipinski definition) is 0. The van der Waals surface area contributed by atoms with Crippen LogP contribution in [0.4, 0.5) is 0 Å². The molecule has 1 atom stereocenters. The van der Waals surface area contributed by atoms with E-state index in [1.165, 1.54) is 11.8 Å². The smallest absolute Gasteiger partial charge is 0.196 e. The molecule has 0 N–H and O–H groups in total. The summed E-state index contributed by atoms with van der Waals surface area (Å²) in [5, 5.41) is 21.2. The van der Waals surface area contributed by atoms with Gasteiger partial charge in [0.2, 0.25) is 0 Å². The molecule has 4 rings (SSSR count). The quantitative estimate of drug-likeness (QED) is 0.476. The van der Waals surface area contributed by atoms with Crippen LogP contribution < -0.4 is 4.74 Å². The third-order valence-electron chi connectivity index (χ3n) is 4.00. The lowest BCUT2D eigenvalue weighted by Gasteiger charge is -2.13. The fraction of sp³-hybridized carbons (Fsp3) is 0.167. The molecule has 0 unspecified atom stereocenters. The van der Waals surface area contributed by atoms with Gasteiger partial charge in [0.25, 0.3) is 0 Å². The number of nitrogens with zero attached hydrogens (tertiary/aromatic N) is 7. The number of ether oxygens (including phenoxy) is 1. The number of hydrogen-bond acceptors (Lipinski definition) is 7. The van der Waals surface area contributed by atoms with Crippen LogP contribution in [-0.4, -0.2) is 42.1 Å². The highest BCUT2D eigenvalue weighted by atomic mass is 32.2. The third-order valence-corrected chi connectivity index (χ3v) is 5.05. The molecule has 4 aromatic rings. The van der Waals surface area contributed by atoms with Crippen molar-refractivity contribution in [3.63, 3.8) is 0 Å². The summed E-state index contributed by atoms with van der Waals surface area (Å²) >= 11 is 1.53.